The minimum Gasteiger partial charge on any atom is -0.457 e. The number of fused-ring (bicyclic) bond motifs is 1. The molecule has 1 aliphatic rings. The van der Waals surface area contributed by atoms with Crippen molar-refractivity contribution in [3.05, 3.63) is 63.1 Å². The van der Waals surface area contributed by atoms with Gasteiger partial charge in [0.05, 0.1) is 22.4 Å². The largest absolute Gasteiger partial charge is 0.457 e. The molecule has 0 aromatic heterocycles. The fraction of sp³-hybridized carbons (Fsp3) is 0.211. The molecule has 5 nitrogen and oxygen atoms in total. The van der Waals surface area contributed by atoms with E-state index in [0.29, 0.717) is 26.9 Å². The van der Waals surface area contributed by atoms with Crippen LogP contribution in [0.1, 0.15) is 34.3 Å². The Morgan fingerprint density at radius 2 is 1.88 bits per heavy atom. The Kier molecular flexibility index (Phi) is 5.30. The Morgan fingerprint density at radius 3 is 2.62 bits per heavy atom. The van der Waals surface area contributed by atoms with Crippen LogP contribution in [0.4, 0.5) is 5.69 Å². The maximum Gasteiger partial charge on any atom is 0.310 e. The highest BCUT2D eigenvalue weighted by atomic mass is 35.5. The SMILES string of the molecule is C[C@@H]1C(=O)Nc2ccc(C(=O)COC(=O)Cc3ccc(Cl)c(Cl)c3)cc21. The van der Waals surface area contributed by atoms with Crippen molar-refractivity contribution in [3.8, 4) is 0 Å². The van der Waals surface area contributed by atoms with E-state index in [1.54, 1.807) is 43.3 Å². The summed E-state index contributed by atoms with van der Waals surface area (Å²) in [5, 5.41) is 3.49. The van der Waals surface area contributed by atoms with Crippen LogP contribution in [0.2, 0.25) is 10.0 Å². The average Bonchev–Trinajstić information content (AvgIpc) is 2.90. The van der Waals surface area contributed by atoms with Crippen LogP contribution in [0.5, 0.6) is 0 Å². The molecule has 26 heavy (non-hydrogen) atoms. The molecule has 3 rings (SSSR count). The quantitative estimate of drug-likeness (QED) is 0.616. The summed E-state index contributed by atoms with van der Waals surface area (Å²) in [6, 6.07) is 9.79. The molecule has 0 aliphatic carbocycles. The number of carbonyl (C=O) groups is 3. The highest BCUT2D eigenvalue weighted by Crippen LogP contribution is 2.32. The third-order valence-corrected chi connectivity index (χ3v) is 4.93. The number of carbonyl (C=O) groups excluding carboxylic acids is 3. The first-order valence-electron chi connectivity index (χ1n) is 7.92. The molecule has 0 bridgehead atoms. The number of ketones is 1. The van der Waals surface area contributed by atoms with Crippen molar-refractivity contribution in [2.75, 3.05) is 11.9 Å². The van der Waals surface area contributed by atoms with E-state index in [2.05, 4.69) is 5.32 Å². The smallest absolute Gasteiger partial charge is 0.310 e. The van der Waals surface area contributed by atoms with Crippen LogP contribution in [-0.2, 0) is 20.7 Å². The van der Waals surface area contributed by atoms with Gasteiger partial charge in [0.25, 0.3) is 0 Å². The van der Waals surface area contributed by atoms with E-state index in [-0.39, 0.29) is 30.6 Å². The highest BCUT2D eigenvalue weighted by molar-refractivity contribution is 6.42. The number of benzene rings is 2. The molecule has 0 unspecified atom stereocenters. The van der Waals surface area contributed by atoms with Crippen LogP contribution in [0.3, 0.4) is 0 Å². The standard InChI is InChI=1S/C19H15Cl2NO4/c1-10-13-8-12(3-5-16(13)22-19(10)25)17(23)9-26-18(24)7-11-2-4-14(20)15(21)6-11/h2-6,8,10H,7,9H2,1H3,(H,22,25)/t10-/m0/s1. The normalized spacial score (nSPS) is 15.3. The van der Waals surface area contributed by atoms with Crippen molar-refractivity contribution < 1.29 is 19.1 Å². The fourth-order valence-electron chi connectivity index (χ4n) is 2.69. The van der Waals surface area contributed by atoms with Crippen molar-refractivity contribution in [2.45, 2.75) is 19.3 Å². The average molecular weight is 392 g/mol. The van der Waals surface area contributed by atoms with Crippen LogP contribution in [-0.4, -0.2) is 24.3 Å². The Bertz CT molecular complexity index is 910. The lowest BCUT2D eigenvalue weighted by molar-refractivity contribution is -0.141. The second kappa shape index (κ2) is 7.48. The van der Waals surface area contributed by atoms with Crippen LogP contribution >= 0.6 is 23.2 Å². The maximum atomic E-state index is 12.3. The van der Waals surface area contributed by atoms with Gasteiger partial charge in [-0.25, -0.2) is 0 Å². The van der Waals surface area contributed by atoms with Crippen molar-refractivity contribution in [1.29, 1.82) is 0 Å². The van der Waals surface area contributed by atoms with E-state index in [9.17, 15) is 14.4 Å². The minimum absolute atomic E-state index is 0.0101. The number of esters is 1. The summed E-state index contributed by atoms with van der Waals surface area (Å²) in [5.41, 5.74) is 2.51. The zero-order valence-corrected chi connectivity index (χ0v) is 15.4. The molecule has 1 heterocycles. The second-order valence-corrected chi connectivity index (χ2v) is 6.84. The molecule has 0 radical (unpaired) electrons. The molecule has 7 heteroatoms. The van der Waals surface area contributed by atoms with Crippen molar-refractivity contribution in [3.63, 3.8) is 0 Å². The number of anilines is 1. The zero-order valence-electron chi connectivity index (χ0n) is 13.8. The lowest BCUT2D eigenvalue weighted by Gasteiger charge is -2.07. The molecule has 0 saturated carbocycles. The molecule has 1 atom stereocenters. The first kappa shape index (κ1) is 18.4. The summed E-state index contributed by atoms with van der Waals surface area (Å²) in [7, 11) is 0. The van der Waals surface area contributed by atoms with Gasteiger partial charge in [-0.1, -0.05) is 29.3 Å². The summed E-state index contributed by atoms with van der Waals surface area (Å²) in [4.78, 5) is 35.9. The number of ether oxygens (including phenoxy) is 1. The number of hydrogen-bond acceptors (Lipinski definition) is 4. The van der Waals surface area contributed by atoms with Gasteiger partial charge in [0.1, 0.15) is 0 Å². The lowest BCUT2D eigenvalue weighted by Crippen LogP contribution is -2.16. The van der Waals surface area contributed by atoms with E-state index in [0.717, 1.165) is 5.56 Å². The lowest BCUT2D eigenvalue weighted by atomic mass is 9.99. The summed E-state index contributed by atoms with van der Waals surface area (Å²) in [6.45, 7) is 1.40. The molecule has 1 amide bonds. The minimum atomic E-state index is -0.539. The predicted octanol–water partition coefficient (Wildman–Crippen LogP) is 4.02. The molecule has 2 aromatic carbocycles. The van der Waals surface area contributed by atoms with Crippen LogP contribution in [0.25, 0.3) is 0 Å². The molecule has 134 valence electrons. The Morgan fingerprint density at radius 1 is 1.12 bits per heavy atom. The first-order valence-corrected chi connectivity index (χ1v) is 8.68. The molecule has 0 spiro atoms. The molecule has 0 saturated heterocycles. The molecular weight excluding hydrogens is 377 g/mol. The van der Waals surface area contributed by atoms with Crippen LogP contribution in [0, 0.1) is 0 Å². The third kappa shape index (κ3) is 3.89. The number of halogens is 2. The van der Waals surface area contributed by atoms with Crippen LogP contribution < -0.4 is 5.32 Å². The van der Waals surface area contributed by atoms with Gasteiger partial charge in [0.15, 0.2) is 12.4 Å². The molecule has 1 N–H and O–H groups in total. The van der Waals surface area contributed by atoms with Gasteiger partial charge in [-0.2, -0.15) is 0 Å². The molecule has 2 aromatic rings. The fourth-order valence-corrected chi connectivity index (χ4v) is 3.01. The molecule has 0 fully saturated rings. The summed E-state index contributed by atoms with van der Waals surface area (Å²) in [5.74, 6) is -1.28. The van der Waals surface area contributed by atoms with E-state index >= 15 is 0 Å². The van der Waals surface area contributed by atoms with Crippen LogP contribution in [0.15, 0.2) is 36.4 Å². The molecule has 1 aliphatic heterocycles. The number of Topliss-reactive ketones (excluding diaryl/α,β-unsaturated/α-hetero) is 1. The van der Waals surface area contributed by atoms with E-state index in [1.165, 1.54) is 0 Å². The monoisotopic (exact) mass is 391 g/mol. The van der Waals surface area contributed by atoms with E-state index < -0.39 is 5.97 Å². The topological polar surface area (TPSA) is 72.5 Å². The van der Waals surface area contributed by atoms with Gasteiger partial charge >= 0.3 is 5.97 Å². The Balaban J connectivity index is 1.59. The Labute approximate surface area is 160 Å². The van der Waals surface area contributed by atoms with Gasteiger partial charge in [0.2, 0.25) is 5.91 Å². The van der Waals surface area contributed by atoms with E-state index in [1.807, 2.05) is 0 Å². The zero-order chi connectivity index (χ0) is 18.8. The summed E-state index contributed by atoms with van der Waals surface area (Å²) in [6.07, 6.45) is -0.0101. The number of nitrogens with one attached hydrogen (secondary N) is 1. The van der Waals surface area contributed by atoms with Gasteiger partial charge in [-0.05, 0) is 48.4 Å². The number of hydrogen-bond donors (Lipinski definition) is 1. The highest BCUT2D eigenvalue weighted by Gasteiger charge is 2.27. The number of rotatable bonds is 5. The predicted molar refractivity (Wildman–Crippen MR) is 98.9 cm³/mol. The van der Waals surface area contributed by atoms with Gasteiger partial charge in [0, 0.05) is 11.3 Å². The second-order valence-electron chi connectivity index (χ2n) is 6.02. The van der Waals surface area contributed by atoms with Crippen molar-refractivity contribution >= 4 is 46.5 Å². The Hall–Kier alpha value is -2.37. The molecular formula is C19H15Cl2NO4. The van der Waals surface area contributed by atoms with Gasteiger partial charge in [-0.15, -0.1) is 0 Å². The van der Waals surface area contributed by atoms with Crippen molar-refractivity contribution in [2.24, 2.45) is 0 Å². The third-order valence-electron chi connectivity index (χ3n) is 4.19. The van der Waals surface area contributed by atoms with Gasteiger partial charge < -0.3 is 10.1 Å². The summed E-state index contributed by atoms with van der Waals surface area (Å²) >= 11 is 11.7. The van der Waals surface area contributed by atoms with E-state index in [4.69, 9.17) is 27.9 Å². The van der Waals surface area contributed by atoms with Gasteiger partial charge in [-0.3, -0.25) is 14.4 Å². The first-order chi connectivity index (χ1) is 12.3. The number of amides is 1. The maximum absolute atomic E-state index is 12.3. The summed E-state index contributed by atoms with van der Waals surface area (Å²) < 4.78 is 5.05. The van der Waals surface area contributed by atoms with Crippen molar-refractivity contribution in [1.82, 2.24) is 0 Å².